The third-order valence-electron chi connectivity index (χ3n) is 3.37. The normalized spacial score (nSPS) is 11.9. The zero-order chi connectivity index (χ0) is 15.2. The van der Waals surface area contributed by atoms with Crippen molar-refractivity contribution in [2.45, 2.75) is 32.7 Å². The van der Waals surface area contributed by atoms with Gasteiger partial charge in [-0.15, -0.1) is 0 Å². The molecule has 21 heavy (non-hydrogen) atoms. The zero-order valence-electron chi connectivity index (χ0n) is 12.2. The van der Waals surface area contributed by atoms with Gasteiger partial charge in [0.2, 0.25) is 0 Å². The Bertz CT molecular complexity index is 614. The number of aromatic nitrogens is 1. The van der Waals surface area contributed by atoms with Crippen LogP contribution >= 0.6 is 0 Å². The van der Waals surface area contributed by atoms with E-state index in [0.717, 1.165) is 18.4 Å². The molecule has 5 heteroatoms. The van der Waals surface area contributed by atoms with E-state index in [1.54, 1.807) is 6.07 Å². The Kier molecular flexibility index (Phi) is 4.87. The summed E-state index contributed by atoms with van der Waals surface area (Å²) in [6, 6.07) is 12.1. The topological polar surface area (TPSA) is 68.1 Å². The molecule has 1 heterocycles. The number of hydrogen-bond donors (Lipinski definition) is 1. The average molecular weight is 285 g/mol. The summed E-state index contributed by atoms with van der Waals surface area (Å²) in [5.41, 5.74) is 2.12. The molecule has 0 aliphatic heterocycles. The lowest BCUT2D eigenvalue weighted by Crippen LogP contribution is -2.17. The lowest BCUT2D eigenvalue weighted by Gasteiger charge is -2.16. The second-order valence-electron chi connectivity index (χ2n) is 5.19. The van der Waals surface area contributed by atoms with Crippen LogP contribution in [0.25, 0.3) is 0 Å². The maximum Gasteiger partial charge on any atom is 0.287 e. The molecular formula is C16H19N3O2. The molecule has 0 radical (unpaired) electrons. The minimum atomic E-state index is -0.428. The predicted molar refractivity (Wildman–Crippen MR) is 83.5 cm³/mol. The smallest absolute Gasteiger partial charge is 0.287 e. The second-order valence-corrected chi connectivity index (χ2v) is 5.19. The monoisotopic (exact) mass is 285 g/mol. The summed E-state index contributed by atoms with van der Waals surface area (Å²) in [5, 5.41) is 14.0. The molecule has 0 saturated heterocycles. The maximum atomic E-state index is 10.7. The van der Waals surface area contributed by atoms with Gasteiger partial charge in [-0.25, -0.2) is 4.98 Å². The molecule has 0 aliphatic rings. The summed E-state index contributed by atoms with van der Waals surface area (Å²) in [6.07, 6.45) is 3.25. The Balaban J connectivity index is 1.93. The molecule has 2 aromatic rings. The van der Waals surface area contributed by atoms with Gasteiger partial charge in [0.15, 0.2) is 0 Å². The van der Waals surface area contributed by atoms with Gasteiger partial charge in [-0.1, -0.05) is 30.3 Å². The van der Waals surface area contributed by atoms with Crippen LogP contribution in [0, 0.1) is 17.0 Å². The van der Waals surface area contributed by atoms with Crippen LogP contribution in [0.3, 0.4) is 0 Å². The van der Waals surface area contributed by atoms with Gasteiger partial charge in [-0.2, -0.15) is 0 Å². The fourth-order valence-corrected chi connectivity index (χ4v) is 2.14. The van der Waals surface area contributed by atoms with Crippen LogP contribution in [0.5, 0.6) is 0 Å². The van der Waals surface area contributed by atoms with Gasteiger partial charge in [-0.05, 0) is 37.8 Å². The van der Waals surface area contributed by atoms with E-state index < -0.39 is 4.92 Å². The van der Waals surface area contributed by atoms with Crippen molar-refractivity contribution in [1.82, 2.24) is 4.98 Å². The van der Waals surface area contributed by atoms with Crippen LogP contribution < -0.4 is 5.32 Å². The van der Waals surface area contributed by atoms with E-state index >= 15 is 0 Å². The second kappa shape index (κ2) is 6.83. The van der Waals surface area contributed by atoms with Gasteiger partial charge in [0.1, 0.15) is 12.0 Å². The quantitative estimate of drug-likeness (QED) is 0.648. The number of anilines is 1. The molecule has 0 saturated carbocycles. The number of benzene rings is 1. The van der Waals surface area contributed by atoms with Gasteiger partial charge in [-0.3, -0.25) is 10.1 Å². The fraction of sp³-hybridized carbons (Fsp3) is 0.312. The molecule has 1 unspecified atom stereocenters. The summed E-state index contributed by atoms with van der Waals surface area (Å²) < 4.78 is 0. The Morgan fingerprint density at radius 3 is 2.67 bits per heavy atom. The largest absolute Gasteiger partial charge is 0.367 e. The lowest BCUT2D eigenvalue weighted by molar-refractivity contribution is -0.385. The molecule has 5 nitrogen and oxygen atoms in total. The molecule has 2 rings (SSSR count). The van der Waals surface area contributed by atoms with Crippen LogP contribution in [-0.2, 0) is 6.42 Å². The van der Waals surface area contributed by atoms with Gasteiger partial charge in [0.05, 0.1) is 4.92 Å². The Morgan fingerprint density at radius 2 is 2.05 bits per heavy atom. The van der Waals surface area contributed by atoms with Gasteiger partial charge in [0.25, 0.3) is 5.69 Å². The number of pyridine rings is 1. The minimum absolute atomic E-state index is 0.0231. The van der Waals surface area contributed by atoms with Crippen molar-refractivity contribution in [3.05, 3.63) is 63.8 Å². The molecule has 0 fully saturated rings. The molecule has 0 aliphatic carbocycles. The molecule has 0 spiro atoms. The number of nitrogens with one attached hydrogen (secondary N) is 1. The highest BCUT2D eigenvalue weighted by Gasteiger charge is 2.11. The summed E-state index contributed by atoms with van der Waals surface area (Å²) in [4.78, 5) is 14.4. The molecule has 110 valence electrons. The van der Waals surface area contributed by atoms with E-state index in [1.807, 2.05) is 25.1 Å². The van der Waals surface area contributed by atoms with Crippen molar-refractivity contribution in [3.63, 3.8) is 0 Å². The first-order valence-corrected chi connectivity index (χ1v) is 6.98. The molecular weight excluding hydrogens is 266 g/mol. The number of aryl methyl sites for hydroxylation is 2. The van der Waals surface area contributed by atoms with Crippen LogP contribution in [0.4, 0.5) is 11.5 Å². The standard InChI is InChI=1S/C16H19N3O2/c1-12-10-15(19(20)21)11-17-16(12)18-13(2)8-9-14-6-4-3-5-7-14/h3-7,10-11,13H,8-9H2,1-2H3,(H,17,18). The molecule has 0 amide bonds. The van der Waals surface area contributed by atoms with Gasteiger partial charge >= 0.3 is 0 Å². The first-order valence-electron chi connectivity index (χ1n) is 6.98. The first kappa shape index (κ1) is 15.0. The molecule has 1 N–H and O–H groups in total. The van der Waals surface area contributed by atoms with Gasteiger partial charge in [0, 0.05) is 12.1 Å². The number of nitrogens with zero attached hydrogens (tertiary/aromatic N) is 2. The predicted octanol–water partition coefficient (Wildman–Crippen LogP) is 3.73. The maximum absolute atomic E-state index is 10.7. The van der Waals surface area contributed by atoms with E-state index in [2.05, 4.69) is 29.4 Å². The van der Waals surface area contributed by atoms with E-state index in [4.69, 9.17) is 0 Å². The van der Waals surface area contributed by atoms with Crippen LogP contribution in [-0.4, -0.2) is 15.9 Å². The Hall–Kier alpha value is -2.43. The minimum Gasteiger partial charge on any atom is -0.367 e. The molecule has 1 atom stereocenters. The first-order chi connectivity index (χ1) is 10.1. The molecule has 0 bridgehead atoms. The lowest BCUT2D eigenvalue weighted by atomic mass is 10.1. The number of nitro groups is 1. The van der Waals surface area contributed by atoms with Crippen molar-refractivity contribution in [2.75, 3.05) is 5.32 Å². The van der Waals surface area contributed by atoms with Crippen molar-refractivity contribution < 1.29 is 4.92 Å². The Labute approximate surface area is 124 Å². The van der Waals surface area contributed by atoms with E-state index in [0.29, 0.717) is 5.82 Å². The molecule has 1 aromatic heterocycles. The Morgan fingerprint density at radius 1 is 1.33 bits per heavy atom. The van der Waals surface area contributed by atoms with Crippen molar-refractivity contribution in [3.8, 4) is 0 Å². The highest BCUT2D eigenvalue weighted by Crippen LogP contribution is 2.19. The summed E-state index contributed by atoms with van der Waals surface area (Å²) in [7, 11) is 0. The average Bonchev–Trinajstić information content (AvgIpc) is 2.48. The third kappa shape index (κ3) is 4.27. The van der Waals surface area contributed by atoms with E-state index in [9.17, 15) is 10.1 Å². The number of hydrogen-bond acceptors (Lipinski definition) is 4. The third-order valence-corrected chi connectivity index (χ3v) is 3.37. The SMILES string of the molecule is Cc1cc([N+](=O)[O-])cnc1NC(C)CCc1ccccc1. The van der Waals surface area contributed by atoms with E-state index in [1.165, 1.54) is 11.8 Å². The highest BCUT2D eigenvalue weighted by molar-refractivity contribution is 5.48. The van der Waals surface area contributed by atoms with Gasteiger partial charge < -0.3 is 5.32 Å². The van der Waals surface area contributed by atoms with E-state index in [-0.39, 0.29) is 11.7 Å². The zero-order valence-corrected chi connectivity index (χ0v) is 12.2. The summed E-state index contributed by atoms with van der Waals surface area (Å²) in [6.45, 7) is 3.91. The van der Waals surface area contributed by atoms with Crippen LogP contribution in [0.1, 0.15) is 24.5 Å². The molecule has 1 aromatic carbocycles. The van der Waals surface area contributed by atoms with Crippen molar-refractivity contribution in [1.29, 1.82) is 0 Å². The van der Waals surface area contributed by atoms with Crippen LogP contribution in [0.15, 0.2) is 42.6 Å². The summed E-state index contributed by atoms with van der Waals surface area (Å²) in [5.74, 6) is 0.709. The van der Waals surface area contributed by atoms with Crippen LogP contribution in [0.2, 0.25) is 0 Å². The van der Waals surface area contributed by atoms with Crippen molar-refractivity contribution >= 4 is 11.5 Å². The summed E-state index contributed by atoms with van der Waals surface area (Å²) >= 11 is 0. The highest BCUT2D eigenvalue weighted by atomic mass is 16.6. The fourth-order valence-electron chi connectivity index (χ4n) is 2.14. The number of rotatable bonds is 6. The van der Waals surface area contributed by atoms with Crippen molar-refractivity contribution in [2.24, 2.45) is 0 Å².